The first-order chi connectivity index (χ1) is 8.69. The van der Waals surface area contributed by atoms with Crippen LogP contribution < -0.4 is 15.8 Å². The molecule has 0 spiro atoms. The maximum atomic E-state index is 11.8. The van der Waals surface area contributed by atoms with Crippen LogP contribution in [0.3, 0.4) is 0 Å². The van der Waals surface area contributed by atoms with E-state index in [4.69, 9.17) is 5.73 Å². The van der Waals surface area contributed by atoms with E-state index < -0.39 is 10.0 Å². The van der Waals surface area contributed by atoms with Crippen LogP contribution in [0.4, 0.5) is 11.4 Å². The fourth-order valence-corrected chi connectivity index (χ4v) is 1.92. The molecular formula is C12H20ClN3O3S. The van der Waals surface area contributed by atoms with Crippen LogP contribution >= 0.6 is 12.4 Å². The molecule has 1 aromatic carbocycles. The number of carbonyl (C=O) groups is 1. The van der Waals surface area contributed by atoms with Gasteiger partial charge in [-0.1, -0.05) is 13.0 Å². The average molecular weight is 322 g/mol. The van der Waals surface area contributed by atoms with Gasteiger partial charge in [0.15, 0.2) is 0 Å². The Labute approximate surface area is 125 Å². The molecule has 0 bridgehead atoms. The summed E-state index contributed by atoms with van der Waals surface area (Å²) in [6.45, 7) is 3.49. The molecule has 0 heterocycles. The molecule has 1 aromatic rings. The minimum Gasteiger partial charge on any atom is -0.327 e. The molecular weight excluding hydrogens is 302 g/mol. The maximum Gasteiger partial charge on any atom is 0.229 e. The molecule has 6 nitrogen and oxygen atoms in total. The van der Waals surface area contributed by atoms with Crippen molar-refractivity contribution in [2.75, 3.05) is 16.3 Å². The third-order valence-corrected chi connectivity index (χ3v) is 3.24. The Balaban J connectivity index is 0.00000361. The summed E-state index contributed by atoms with van der Waals surface area (Å²) in [5, 5.41) is 2.70. The standard InChI is InChI=1S/C12H19N3O3S.ClH/c1-8(9(2)13)12(16)14-10-5-4-6-11(7-10)15-19(3,17)18;/h4-9,15H,13H2,1-3H3,(H,14,16);1H. The maximum absolute atomic E-state index is 11.8. The zero-order chi connectivity index (χ0) is 14.6. The molecule has 8 heteroatoms. The van der Waals surface area contributed by atoms with Crippen LogP contribution in [0, 0.1) is 5.92 Å². The number of carbonyl (C=O) groups excluding carboxylic acids is 1. The van der Waals surface area contributed by atoms with Crippen molar-refractivity contribution < 1.29 is 13.2 Å². The summed E-state index contributed by atoms with van der Waals surface area (Å²) >= 11 is 0. The van der Waals surface area contributed by atoms with Crippen molar-refractivity contribution in [2.45, 2.75) is 19.9 Å². The number of hydrogen-bond acceptors (Lipinski definition) is 4. The number of benzene rings is 1. The van der Waals surface area contributed by atoms with Crippen LogP contribution in [-0.2, 0) is 14.8 Å². The van der Waals surface area contributed by atoms with E-state index in [-0.39, 0.29) is 30.3 Å². The molecule has 20 heavy (non-hydrogen) atoms. The lowest BCUT2D eigenvalue weighted by Gasteiger charge is -2.15. The van der Waals surface area contributed by atoms with Crippen LogP contribution in [0.1, 0.15) is 13.8 Å². The minimum absolute atomic E-state index is 0. The second kappa shape index (κ2) is 7.47. The molecule has 0 aliphatic heterocycles. The minimum atomic E-state index is -3.33. The number of sulfonamides is 1. The van der Waals surface area contributed by atoms with Gasteiger partial charge in [-0.2, -0.15) is 0 Å². The molecule has 0 aromatic heterocycles. The van der Waals surface area contributed by atoms with Crippen molar-refractivity contribution in [3.05, 3.63) is 24.3 Å². The summed E-state index contributed by atoms with van der Waals surface area (Å²) in [6, 6.07) is 6.23. The fraction of sp³-hybridized carbons (Fsp3) is 0.417. The summed E-state index contributed by atoms with van der Waals surface area (Å²) in [5.41, 5.74) is 6.57. The summed E-state index contributed by atoms with van der Waals surface area (Å²) in [5.74, 6) is -0.530. The van der Waals surface area contributed by atoms with Crippen molar-refractivity contribution in [1.29, 1.82) is 0 Å². The van der Waals surface area contributed by atoms with Gasteiger partial charge < -0.3 is 11.1 Å². The van der Waals surface area contributed by atoms with E-state index in [9.17, 15) is 13.2 Å². The average Bonchev–Trinajstić information content (AvgIpc) is 2.25. The lowest BCUT2D eigenvalue weighted by molar-refractivity contribution is -0.119. The highest BCUT2D eigenvalue weighted by atomic mass is 35.5. The van der Waals surface area contributed by atoms with Gasteiger partial charge >= 0.3 is 0 Å². The predicted molar refractivity (Wildman–Crippen MR) is 83.6 cm³/mol. The monoisotopic (exact) mass is 321 g/mol. The fourth-order valence-electron chi connectivity index (χ4n) is 1.37. The van der Waals surface area contributed by atoms with Crippen LogP contribution in [0.15, 0.2) is 24.3 Å². The molecule has 4 N–H and O–H groups in total. The first-order valence-corrected chi connectivity index (χ1v) is 7.72. The Kier molecular flexibility index (Phi) is 6.98. The van der Waals surface area contributed by atoms with Crippen LogP contribution in [0.2, 0.25) is 0 Å². The van der Waals surface area contributed by atoms with E-state index >= 15 is 0 Å². The van der Waals surface area contributed by atoms with Gasteiger partial charge in [0.25, 0.3) is 0 Å². The van der Waals surface area contributed by atoms with Gasteiger partial charge in [-0.25, -0.2) is 8.42 Å². The van der Waals surface area contributed by atoms with Crippen molar-refractivity contribution in [3.63, 3.8) is 0 Å². The predicted octanol–water partition coefficient (Wildman–Crippen LogP) is 1.40. The van der Waals surface area contributed by atoms with Crippen LogP contribution in [0.25, 0.3) is 0 Å². The molecule has 0 aliphatic carbocycles. The van der Waals surface area contributed by atoms with Crippen LogP contribution in [0.5, 0.6) is 0 Å². The van der Waals surface area contributed by atoms with E-state index in [1.54, 1.807) is 38.1 Å². The van der Waals surface area contributed by atoms with E-state index in [1.165, 1.54) is 0 Å². The first-order valence-electron chi connectivity index (χ1n) is 5.83. The highest BCUT2D eigenvalue weighted by Gasteiger charge is 2.17. The second-order valence-electron chi connectivity index (χ2n) is 4.59. The van der Waals surface area contributed by atoms with Gasteiger partial charge in [0.05, 0.1) is 17.9 Å². The van der Waals surface area contributed by atoms with Gasteiger partial charge in [-0.3, -0.25) is 9.52 Å². The summed E-state index contributed by atoms with van der Waals surface area (Å²) in [4.78, 5) is 11.8. The Morgan fingerprint density at radius 3 is 2.30 bits per heavy atom. The summed E-state index contributed by atoms with van der Waals surface area (Å²) in [7, 11) is -3.33. The lowest BCUT2D eigenvalue weighted by Crippen LogP contribution is -2.34. The summed E-state index contributed by atoms with van der Waals surface area (Å²) < 4.78 is 24.6. The SMILES string of the molecule is CC(N)C(C)C(=O)Nc1cccc(NS(C)(=O)=O)c1.Cl. The second-order valence-corrected chi connectivity index (χ2v) is 6.34. The first kappa shape index (κ1) is 18.7. The smallest absolute Gasteiger partial charge is 0.229 e. The number of anilines is 2. The highest BCUT2D eigenvalue weighted by molar-refractivity contribution is 7.92. The zero-order valence-electron chi connectivity index (χ0n) is 11.6. The zero-order valence-corrected chi connectivity index (χ0v) is 13.2. The molecule has 0 fully saturated rings. The van der Waals surface area contributed by atoms with Crippen molar-refractivity contribution in [1.82, 2.24) is 0 Å². The number of rotatable bonds is 5. The van der Waals surface area contributed by atoms with Gasteiger partial charge in [-0.15, -0.1) is 12.4 Å². The van der Waals surface area contributed by atoms with Crippen molar-refractivity contribution >= 4 is 39.7 Å². The quantitative estimate of drug-likeness (QED) is 0.763. The topological polar surface area (TPSA) is 101 Å². The molecule has 1 amide bonds. The van der Waals surface area contributed by atoms with Crippen LogP contribution in [-0.4, -0.2) is 26.6 Å². The van der Waals surface area contributed by atoms with Crippen molar-refractivity contribution in [2.24, 2.45) is 11.7 Å². The Bertz CT molecular complexity index is 561. The van der Waals surface area contributed by atoms with E-state index in [2.05, 4.69) is 10.0 Å². The Morgan fingerprint density at radius 1 is 1.25 bits per heavy atom. The van der Waals surface area contributed by atoms with Gasteiger partial charge in [0.1, 0.15) is 0 Å². The number of amides is 1. The number of nitrogens with one attached hydrogen (secondary N) is 2. The van der Waals surface area contributed by atoms with E-state index in [0.29, 0.717) is 11.4 Å². The molecule has 2 unspecified atom stereocenters. The van der Waals surface area contributed by atoms with Gasteiger partial charge in [0, 0.05) is 11.7 Å². The third-order valence-electron chi connectivity index (χ3n) is 2.64. The van der Waals surface area contributed by atoms with E-state index in [1.807, 2.05) is 0 Å². The molecule has 2 atom stereocenters. The lowest BCUT2D eigenvalue weighted by atomic mass is 10.0. The molecule has 0 aliphatic rings. The van der Waals surface area contributed by atoms with Gasteiger partial charge in [-0.05, 0) is 25.1 Å². The van der Waals surface area contributed by atoms with Gasteiger partial charge in [0.2, 0.25) is 15.9 Å². The van der Waals surface area contributed by atoms with Crippen molar-refractivity contribution in [3.8, 4) is 0 Å². The largest absolute Gasteiger partial charge is 0.327 e. The summed E-state index contributed by atoms with van der Waals surface area (Å²) in [6.07, 6.45) is 1.07. The number of hydrogen-bond donors (Lipinski definition) is 3. The molecule has 0 saturated carbocycles. The Hall–Kier alpha value is -1.31. The number of halogens is 1. The molecule has 0 saturated heterocycles. The Morgan fingerprint density at radius 2 is 1.80 bits per heavy atom. The normalized spacial score (nSPS) is 13.8. The van der Waals surface area contributed by atoms with E-state index in [0.717, 1.165) is 6.26 Å². The third kappa shape index (κ3) is 6.23. The molecule has 114 valence electrons. The number of nitrogens with two attached hydrogens (primary N) is 1. The molecule has 0 radical (unpaired) electrons. The molecule has 1 rings (SSSR count). The highest BCUT2D eigenvalue weighted by Crippen LogP contribution is 2.17.